The van der Waals surface area contributed by atoms with E-state index in [0.717, 1.165) is 32.0 Å². The average molecular weight is 447 g/mol. The predicted molar refractivity (Wildman–Crippen MR) is 120 cm³/mol. The highest BCUT2D eigenvalue weighted by Crippen LogP contribution is 2.27. The fraction of sp³-hybridized carbons (Fsp3) is 0.520. The number of carbonyl (C=O) groups is 1. The first-order valence-corrected chi connectivity index (χ1v) is 11.3. The molecule has 174 valence electrons. The number of rotatable bonds is 9. The van der Waals surface area contributed by atoms with Gasteiger partial charge < -0.3 is 14.4 Å². The maximum Gasteiger partial charge on any atom is 0.337 e. The normalized spacial score (nSPS) is 15.5. The van der Waals surface area contributed by atoms with E-state index in [9.17, 15) is 13.6 Å². The van der Waals surface area contributed by atoms with Crippen LogP contribution in [0.2, 0.25) is 0 Å². The van der Waals surface area contributed by atoms with E-state index in [-0.39, 0.29) is 5.56 Å². The van der Waals surface area contributed by atoms with Crippen molar-refractivity contribution in [1.82, 2.24) is 9.88 Å². The van der Waals surface area contributed by atoms with Crippen LogP contribution in [0.4, 0.5) is 8.78 Å². The molecule has 1 aromatic heterocycles. The molecule has 1 aliphatic heterocycles. The zero-order valence-electron chi connectivity index (χ0n) is 19.1. The Labute approximate surface area is 188 Å². The molecule has 0 radical (unpaired) electrons. The molecular weight excluding hydrogens is 414 g/mol. The number of aromatic nitrogens is 1. The Morgan fingerprint density at radius 1 is 1.19 bits per heavy atom. The Morgan fingerprint density at radius 3 is 2.47 bits per heavy atom. The van der Waals surface area contributed by atoms with Gasteiger partial charge >= 0.3 is 5.97 Å². The third-order valence-electron chi connectivity index (χ3n) is 6.37. The fourth-order valence-corrected chi connectivity index (χ4v) is 3.99. The Morgan fingerprint density at radius 2 is 1.91 bits per heavy atom. The minimum atomic E-state index is -1.09. The second-order valence-electron chi connectivity index (χ2n) is 8.45. The Hall–Kier alpha value is -2.54. The minimum Gasteiger partial charge on any atom is -0.492 e. The lowest BCUT2D eigenvalue weighted by molar-refractivity contribution is 0.0568. The third kappa shape index (κ3) is 6.03. The molecule has 32 heavy (non-hydrogen) atoms. The summed E-state index contributed by atoms with van der Waals surface area (Å²) >= 11 is 0. The summed E-state index contributed by atoms with van der Waals surface area (Å²) in [6, 6.07) is 7.64. The molecule has 1 fully saturated rings. The topological polar surface area (TPSA) is 51.7 Å². The Balaban J connectivity index is 1.50. The highest BCUT2D eigenvalue weighted by Gasteiger charge is 2.30. The van der Waals surface area contributed by atoms with Gasteiger partial charge in [0.25, 0.3) is 0 Å². The third-order valence-corrected chi connectivity index (χ3v) is 6.37. The van der Waals surface area contributed by atoms with Crippen molar-refractivity contribution in [1.29, 1.82) is 0 Å². The van der Waals surface area contributed by atoms with Crippen LogP contribution in [0.3, 0.4) is 0 Å². The predicted octanol–water partition coefficient (Wildman–Crippen LogP) is 5.29. The summed E-state index contributed by atoms with van der Waals surface area (Å²) in [6.07, 6.45) is 4.64. The van der Waals surface area contributed by atoms with Crippen molar-refractivity contribution in [3.8, 4) is 17.0 Å². The average Bonchev–Trinajstić information content (AvgIpc) is 2.83. The van der Waals surface area contributed by atoms with Gasteiger partial charge in [-0.15, -0.1) is 0 Å². The Bertz CT molecular complexity index is 893. The summed E-state index contributed by atoms with van der Waals surface area (Å²) in [4.78, 5) is 18.1. The van der Waals surface area contributed by atoms with Crippen LogP contribution in [0.1, 0.15) is 49.9 Å². The van der Waals surface area contributed by atoms with Crippen molar-refractivity contribution in [3.63, 3.8) is 0 Å². The molecule has 0 unspecified atom stereocenters. The molecule has 0 aliphatic carbocycles. The van der Waals surface area contributed by atoms with Crippen molar-refractivity contribution < 1.29 is 23.0 Å². The van der Waals surface area contributed by atoms with Crippen LogP contribution in [0.5, 0.6) is 5.75 Å². The first-order chi connectivity index (χ1) is 15.4. The number of likely N-dealkylation sites (tertiary alicyclic amines) is 1. The number of methoxy groups -OCH3 is 1. The molecule has 5 nitrogen and oxygen atoms in total. The van der Waals surface area contributed by atoms with Crippen molar-refractivity contribution in [2.24, 2.45) is 5.92 Å². The molecule has 2 heterocycles. The van der Waals surface area contributed by atoms with E-state index in [4.69, 9.17) is 4.74 Å². The summed E-state index contributed by atoms with van der Waals surface area (Å²) < 4.78 is 39.5. The fourth-order valence-electron chi connectivity index (χ4n) is 3.99. The first kappa shape index (κ1) is 24.1. The zero-order valence-corrected chi connectivity index (χ0v) is 19.1. The number of ether oxygens (including phenoxy) is 2. The summed E-state index contributed by atoms with van der Waals surface area (Å²) in [5.41, 5.74) is -0.169. The van der Waals surface area contributed by atoms with Gasteiger partial charge in [0.2, 0.25) is 0 Å². The number of piperidine rings is 1. The number of benzene rings is 1. The number of carbonyl (C=O) groups excluding carboxylic acids is 1. The SMILES string of the molecule is CCC(F)(CC)CN1CCC(COc2ccc(-c3ccc(C(=O)OC)cc3F)nc2)CC1. The lowest BCUT2D eigenvalue weighted by Gasteiger charge is -2.36. The number of pyridine rings is 1. The number of nitrogens with zero attached hydrogens (tertiary/aromatic N) is 2. The quantitative estimate of drug-likeness (QED) is 0.490. The maximum absolute atomic E-state index is 14.6. The molecule has 0 amide bonds. The van der Waals surface area contributed by atoms with Gasteiger partial charge in [-0.25, -0.2) is 13.6 Å². The molecule has 7 heteroatoms. The standard InChI is InChI=1S/C25H32F2N2O3/c1-4-25(27,5-2)17-29-12-10-18(11-13-29)16-32-20-7-9-23(28-15-20)21-8-6-19(14-22(21)26)24(30)31-3/h6-9,14-15,18H,4-5,10-13,16-17H2,1-3H3. The van der Waals surface area contributed by atoms with Crippen LogP contribution in [0.15, 0.2) is 36.5 Å². The second kappa shape index (κ2) is 10.9. The smallest absolute Gasteiger partial charge is 0.337 e. The summed E-state index contributed by atoms with van der Waals surface area (Å²) in [7, 11) is 1.26. The number of hydrogen-bond donors (Lipinski definition) is 0. The van der Waals surface area contributed by atoms with Crippen LogP contribution >= 0.6 is 0 Å². The van der Waals surface area contributed by atoms with Gasteiger partial charge in [0, 0.05) is 12.1 Å². The summed E-state index contributed by atoms with van der Waals surface area (Å²) in [5, 5.41) is 0. The summed E-state index contributed by atoms with van der Waals surface area (Å²) in [6.45, 7) is 6.69. The molecule has 1 saturated heterocycles. The van der Waals surface area contributed by atoms with Gasteiger partial charge in [0.05, 0.1) is 31.2 Å². The number of halogens is 2. The number of hydrogen-bond acceptors (Lipinski definition) is 5. The van der Waals surface area contributed by atoms with E-state index < -0.39 is 17.5 Å². The van der Waals surface area contributed by atoms with Crippen molar-refractivity contribution in [2.45, 2.75) is 45.2 Å². The van der Waals surface area contributed by atoms with Crippen LogP contribution in [0.25, 0.3) is 11.3 Å². The van der Waals surface area contributed by atoms with E-state index in [1.807, 2.05) is 13.8 Å². The Kier molecular flexibility index (Phi) is 8.18. The molecule has 1 aliphatic rings. The molecule has 0 spiro atoms. The van der Waals surface area contributed by atoms with Crippen molar-refractivity contribution >= 4 is 5.97 Å². The van der Waals surface area contributed by atoms with Gasteiger partial charge in [0.1, 0.15) is 17.2 Å². The van der Waals surface area contributed by atoms with E-state index in [0.29, 0.717) is 48.9 Å². The van der Waals surface area contributed by atoms with Crippen LogP contribution in [-0.4, -0.2) is 54.9 Å². The highest BCUT2D eigenvalue weighted by atomic mass is 19.1. The van der Waals surface area contributed by atoms with Gasteiger partial charge in [-0.3, -0.25) is 4.98 Å². The molecule has 0 bridgehead atoms. The first-order valence-electron chi connectivity index (χ1n) is 11.3. The maximum atomic E-state index is 14.6. The van der Waals surface area contributed by atoms with E-state index >= 15 is 0 Å². The largest absolute Gasteiger partial charge is 0.492 e. The van der Waals surface area contributed by atoms with Gasteiger partial charge in [-0.05, 0) is 75.0 Å². The zero-order chi connectivity index (χ0) is 23.1. The van der Waals surface area contributed by atoms with Crippen LogP contribution in [-0.2, 0) is 4.74 Å². The second-order valence-corrected chi connectivity index (χ2v) is 8.45. The lowest BCUT2D eigenvalue weighted by Crippen LogP contribution is -2.44. The number of esters is 1. The number of alkyl halides is 1. The highest BCUT2D eigenvalue weighted by molar-refractivity contribution is 5.90. The minimum absolute atomic E-state index is 0.154. The lowest BCUT2D eigenvalue weighted by atomic mass is 9.94. The van der Waals surface area contributed by atoms with Gasteiger partial charge in [0.15, 0.2) is 0 Å². The van der Waals surface area contributed by atoms with Gasteiger partial charge in [-0.1, -0.05) is 13.8 Å². The van der Waals surface area contributed by atoms with Crippen LogP contribution in [0, 0.1) is 11.7 Å². The van der Waals surface area contributed by atoms with E-state index in [2.05, 4.69) is 14.6 Å². The molecular formula is C25H32F2N2O3. The molecule has 3 rings (SSSR count). The molecule has 2 aromatic rings. The monoisotopic (exact) mass is 446 g/mol. The van der Waals surface area contributed by atoms with Crippen molar-refractivity contribution in [3.05, 3.63) is 47.9 Å². The van der Waals surface area contributed by atoms with E-state index in [1.165, 1.54) is 19.2 Å². The molecule has 1 aromatic carbocycles. The summed E-state index contributed by atoms with van der Waals surface area (Å²) in [5.74, 6) is -0.0731. The molecule has 0 saturated carbocycles. The van der Waals surface area contributed by atoms with Gasteiger partial charge in [-0.2, -0.15) is 0 Å². The van der Waals surface area contributed by atoms with Crippen molar-refractivity contribution in [2.75, 3.05) is 33.4 Å². The van der Waals surface area contributed by atoms with E-state index in [1.54, 1.807) is 18.3 Å². The molecule has 0 N–H and O–H groups in total. The van der Waals surface area contributed by atoms with Crippen LogP contribution < -0.4 is 4.74 Å². The molecule has 0 atom stereocenters.